The zero-order valence-corrected chi connectivity index (χ0v) is 7.99. The zero-order chi connectivity index (χ0) is 11.0. The summed E-state index contributed by atoms with van der Waals surface area (Å²) in [5.41, 5.74) is 0. The topological polar surface area (TPSA) is 77.8 Å². The van der Waals surface area contributed by atoms with Gasteiger partial charge in [-0.1, -0.05) is 0 Å². The fourth-order valence-corrected chi connectivity index (χ4v) is 0.936. The van der Waals surface area contributed by atoms with Gasteiger partial charge in [0.05, 0.1) is 13.1 Å². The second kappa shape index (κ2) is 6.92. The smallest absolute Gasteiger partial charge is 0.317 e. The van der Waals surface area contributed by atoms with Crippen LogP contribution < -0.4 is 0 Å². The van der Waals surface area contributed by atoms with Crippen LogP contribution in [0.25, 0.3) is 0 Å². The summed E-state index contributed by atoms with van der Waals surface area (Å²) in [6.07, 6.45) is 0.483. The molecule has 0 aliphatic rings. The molecule has 0 radical (unpaired) electrons. The molecular formula is C9H13NO4. The van der Waals surface area contributed by atoms with E-state index in [0.717, 1.165) is 0 Å². The van der Waals surface area contributed by atoms with Gasteiger partial charge >= 0.3 is 11.9 Å². The summed E-state index contributed by atoms with van der Waals surface area (Å²) in [5.74, 6) is 3.34. The number of carboxylic acids is 2. The Bertz CT molecular complexity index is 248. The Balaban J connectivity index is 4.00. The maximum absolute atomic E-state index is 10.4. The Morgan fingerprint density at radius 2 is 1.71 bits per heavy atom. The number of carbonyl (C=O) groups is 2. The highest BCUT2D eigenvalue weighted by Gasteiger charge is 2.11. The molecule has 0 fully saturated rings. The zero-order valence-electron chi connectivity index (χ0n) is 7.99. The van der Waals surface area contributed by atoms with Crippen LogP contribution in [0.15, 0.2) is 0 Å². The van der Waals surface area contributed by atoms with Crippen LogP contribution in [0, 0.1) is 11.8 Å². The van der Waals surface area contributed by atoms with Gasteiger partial charge < -0.3 is 10.2 Å². The minimum Gasteiger partial charge on any atom is -0.480 e. The van der Waals surface area contributed by atoms with E-state index in [0.29, 0.717) is 13.0 Å². The molecule has 5 heteroatoms. The average Bonchev–Trinajstić information content (AvgIpc) is 2.02. The van der Waals surface area contributed by atoms with E-state index in [4.69, 9.17) is 10.2 Å². The standard InChI is InChI=1S/C9H13NO4/c1-2-3-4-5-10(6-8(11)12)7-9(13)14/h4-7H2,1H3,(H,11,12)(H,13,14). The molecule has 0 unspecified atom stereocenters. The van der Waals surface area contributed by atoms with Crippen molar-refractivity contribution in [2.24, 2.45) is 0 Å². The van der Waals surface area contributed by atoms with Crippen molar-refractivity contribution < 1.29 is 19.8 Å². The maximum atomic E-state index is 10.4. The van der Waals surface area contributed by atoms with Crippen molar-refractivity contribution >= 4 is 11.9 Å². The van der Waals surface area contributed by atoms with E-state index in [1.54, 1.807) is 6.92 Å². The molecule has 0 heterocycles. The van der Waals surface area contributed by atoms with E-state index in [1.807, 2.05) is 0 Å². The van der Waals surface area contributed by atoms with Gasteiger partial charge in [0.15, 0.2) is 0 Å². The van der Waals surface area contributed by atoms with Crippen LogP contribution in [0.5, 0.6) is 0 Å². The first-order valence-corrected chi connectivity index (χ1v) is 4.11. The van der Waals surface area contributed by atoms with E-state index in [1.165, 1.54) is 4.90 Å². The maximum Gasteiger partial charge on any atom is 0.317 e. The first kappa shape index (κ1) is 12.5. The molecule has 0 rings (SSSR count). The summed E-state index contributed by atoms with van der Waals surface area (Å²) in [6, 6.07) is 0. The van der Waals surface area contributed by atoms with Crippen molar-refractivity contribution in [1.29, 1.82) is 0 Å². The van der Waals surface area contributed by atoms with Gasteiger partial charge in [-0.15, -0.1) is 11.8 Å². The number of nitrogens with zero attached hydrogens (tertiary/aromatic N) is 1. The van der Waals surface area contributed by atoms with Gasteiger partial charge in [-0.2, -0.15) is 0 Å². The monoisotopic (exact) mass is 199 g/mol. The molecule has 0 aromatic heterocycles. The lowest BCUT2D eigenvalue weighted by molar-refractivity contribution is -0.141. The third kappa shape index (κ3) is 7.13. The molecule has 0 saturated carbocycles. The van der Waals surface area contributed by atoms with Gasteiger partial charge in [0.25, 0.3) is 0 Å². The number of aliphatic carboxylic acids is 2. The first-order chi connectivity index (χ1) is 6.56. The minimum absolute atomic E-state index is 0.266. The second-order valence-electron chi connectivity index (χ2n) is 2.67. The van der Waals surface area contributed by atoms with Gasteiger partial charge in [-0.3, -0.25) is 14.5 Å². The number of hydrogen-bond acceptors (Lipinski definition) is 3. The molecule has 14 heavy (non-hydrogen) atoms. The number of carboxylic acid groups (broad SMARTS) is 2. The summed E-state index contributed by atoms with van der Waals surface area (Å²) >= 11 is 0. The van der Waals surface area contributed by atoms with E-state index < -0.39 is 11.9 Å². The third-order valence-electron chi connectivity index (χ3n) is 1.45. The van der Waals surface area contributed by atoms with Gasteiger partial charge in [-0.05, 0) is 6.92 Å². The minimum atomic E-state index is -1.03. The Hall–Kier alpha value is -1.54. The van der Waals surface area contributed by atoms with Crippen molar-refractivity contribution in [1.82, 2.24) is 4.90 Å². The fourth-order valence-electron chi connectivity index (χ4n) is 0.936. The van der Waals surface area contributed by atoms with Crippen LogP contribution in [0.3, 0.4) is 0 Å². The Kier molecular flexibility index (Phi) is 6.16. The molecule has 0 bridgehead atoms. The molecule has 0 amide bonds. The molecule has 78 valence electrons. The van der Waals surface area contributed by atoms with Crippen molar-refractivity contribution in [2.45, 2.75) is 13.3 Å². The van der Waals surface area contributed by atoms with E-state index in [2.05, 4.69) is 11.8 Å². The summed E-state index contributed by atoms with van der Waals surface area (Å²) in [6.45, 7) is 1.51. The largest absolute Gasteiger partial charge is 0.480 e. The van der Waals surface area contributed by atoms with Crippen LogP contribution >= 0.6 is 0 Å². The van der Waals surface area contributed by atoms with Crippen molar-refractivity contribution in [3.63, 3.8) is 0 Å². The fraction of sp³-hybridized carbons (Fsp3) is 0.556. The van der Waals surface area contributed by atoms with E-state index >= 15 is 0 Å². The van der Waals surface area contributed by atoms with Gasteiger partial charge in [0.2, 0.25) is 0 Å². The van der Waals surface area contributed by atoms with Crippen molar-refractivity contribution in [3.05, 3.63) is 0 Å². The third-order valence-corrected chi connectivity index (χ3v) is 1.45. The predicted molar refractivity (Wildman–Crippen MR) is 49.8 cm³/mol. The van der Waals surface area contributed by atoms with Gasteiger partial charge in [0, 0.05) is 13.0 Å². The summed E-state index contributed by atoms with van der Waals surface area (Å²) in [4.78, 5) is 22.0. The first-order valence-electron chi connectivity index (χ1n) is 4.11. The molecule has 0 spiro atoms. The highest BCUT2D eigenvalue weighted by Crippen LogP contribution is 1.91. The lowest BCUT2D eigenvalue weighted by Crippen LogP contribution is -2.35. The summed E-state index contributed by atoms with van der Waals surface area (Å²) in [5, 5.41) is 17.0. The quantitative estimate of drug-likeness (QED) is 0.583. The van der Waals surface area contributed by atoms with Crippen molar-refractivity contribution in [3.8, 4) is 11.8 Å². The highest BCUT2D eigenvalue weighted by molar-refractivity contribution is 5.72. The van der Waals surface area contributed by atoms with Crippen LogP contribution in [0.2, 0.25) is 0 Å². The average molecular weight is 199 g/mol. The van der Waals surface area contributed by atoms with Crippen LogP contribution in [-0.4, -0.2) is 46.7 Å². The molecule has 5 nitrogen and oxygen atoms in total. The van der Waals surface area contributed by atoms with E-state index in [-0.39, 0.29) is 13.1 Å². The SMILES string of the molecule is CC#CCCN(CC(=O)O)CC(=O)O. The predicted octanol–water partition coefficient (Wildman–Crippen LogP) is -0.129. The molecule has 0 saturated heterocycles. The Labute approximate surface area is 82.3 Å². The Morgan fingerprint density at radius 3 is 2.07 bits per heavy atom. The molecular weight excluding hydrogens is 186 g/mol. The van der Waals surface area contributed by atoms with Crippen LogP contribution in [0.1, 0.15) is 13.3 Å². The molecule has 0 atom stereocenters. The van der Waals surface area contributed by atoms with Crippen LogP contribution in [0.4, 0.5) is 0 Å². The molecule has 0 aliphatic carbocycles. The number of hydrogen-bond donors (Lipinski definition) is 2. The van der Waals surface area contributed by atoms with Gasteiger partial charge in [0.1, 0.15) is 0 Å². The molecule has 0 aromatic carbocycles. The van der Waals surface area contributed by atoms with Crippen molar-refractivity contribution in [2.75, 3.05) is 19.6 Å². The summed E-state index contributed by atoms with van der Waals surface area (Å²) in [7, 11) is 0. The number of rotatable bonds is 6. The Morgan fingerprint density at radius 1 is 1.21 bits per heavy atom. The van der Waals surface area contributed by atoms with E-state index in [9.17, 15) is 9.59 Å². The lowest BCUT2D eigenvalue weighted by Gasteiger charge is -2.15. The van der Waals surface area contributed by atoms with Crippen LogP contribution in [-0.2, 0) is 9.59 Å². The highest BCUT2D eigenvalue weighted by atomic mass is 16.4. The van der Waals surface area contributed by atoms with Gasteiger partial charge in [-0.25, -0.2) is 0 Å². The lowest BCUT2D eigenvalue weighted by atomic mass is 10.3. The molecule has 2 N–H and O–H groups in total. The molecule has 0 aliphatic heterocycles. The second-order valence-corrected chi connectivity index (χ2v) is 2.67. The summed E-state index contributed by atoms with van der Waals surface area (Å²) < 4.78 is 0. The molecule has 0 aromatic rings. The normalized spacial score (nSPS) is 9.29.